The molecule has 7 heteroatoms. The number of carbonyl (C=O) groups excluding carboxylic acids is 3. The maximum atomic E-state index is 12.8. The smallest absolute Gasteiger partial charge is 0.252 e. The van der Waals surface area contributed by atoms with Gasteiger partial charge >= 0.3 is 0 Å². The lowest BCUT2D eigenvalue weighted by atomic mass is 10.0. The van der Waals surface area contributed by atoms with Gasteiger partial charge in [-0.05, 0) is 38.8 Å². The summed E-state index contributed by atoms with van der Waals surface area (Å²) < 4.78 is 0. The first-order valence-electron chi connectivity index (χ1n) is 9.54. The lowest BCUT2D eigenvalue weighted by molar-refractivity contribution is -0.136. The van der Waals surface area contributed by atoms with Crippen molar-refractivity contribution in [3.63, 3.8) is 0 Å². The van der Waals surface area contributed by atoms with Crippen molar-refractivity contribution in [2.24, 2.45) is 5.92 Å². The summed E-state index contributed by atoms with van der Waals surface area (Å²) in [5.41, 5.74) is 0.567. The summed E-state index contributed by atoms with van der Waals surface area (Å²) in [7, 11) is 0. The molecule has 2 fully saturated rings. The highest BCUT2D eigenvalue weighted by atomic mass is 32.1. The predicted molar refractivity (Wildman–Crippen MR) is 106 cm³/mol. The Kier molecular flexibility index (Phi) is 6.09. The molecular formula is C20H27N3O3S. The molecule has 2 aliphatic heterocycles. The summed E-state index contributed by atoms with van der Waals surface area (Å²) >= 11 is 4.33. The van der Waals surface area contributed by atoms with Crippen molar-refractivity contribution in [1.29, 1.82) is 0 Å². The minimum absolute atomic E-state index is 0.0480. The first kappa shape index (κ1) is 19.7. The molecule has 3 rings (SSSR count). The van der Waals surface area contributed by atoms with E-state index in [4.69, 9.17) is 0 Å². The first-order valence-corrected chi connectivity index (χ1v) is 9.98. The zero-order valence-electron chi connectivity index (χ0n) is 15.9. The van der Waals surface area contributed by atoms with Crippen molar-refractivity contribution in [3.05, 3.63) is 29.8 Å². The van der Waals surface area contributed by atoms with Gasteiger partial charge in [0.05, 0.1) is 11.5 Å². The number of benzene rings is 1. The number of carbonyl (C=O) groups is 3. The average molecular weight is 390 g/mol. The van der Waals surface area contributed by atoms with E-state index < -0.39 is 0 Å². The highest BCUT2D eigenvalue weighted by Crippen LogP contribution is 2.24. The molecule has 0 aliphatic carbocycles. The summed E-state index contributed by atoms with van der Waals surface area (Å²) in [5.74, 6) is -0.227. The van der Waals surface area contributed by atoms with Gasteiger partial charge in [-0.1, -0.05) is 12.1 Å². The Morgan fingerprint density at radius 3 is 2.44 bits per heavy atom. The van der Waals surface area contributed by atoms with E-state index in [0.29, 0.717) is 36.5 Å². The van der Waals surface area contributed by atoms with Crippen LogP contribution < -0.4 is 5.32 Å². The van der Waals surface area contributed by atoms with Gasteiger partial charge in [-0.15, -0.1) is 12.6 Å². The summed E-state index contributed by atoms with van der Waals surface area (Å²) in [6, 6.07) is 7.39. The standard InChI is InChI=1S/C20H27N3O3S/c1-13(2)23-12-14(11-18(23)24)20(26)22-9-7-15(8-10-22)21-19(25)16-5-3-4-6-17(16)27/h3-6,13-15,27H,7-12H2,1-2H3,(H,21,25). The molecule has 3 amide bonds. The first-order chi connectivity index (χ1) is 12.9. The van der Waals surface area contributed by atoms with Crippen molar-refractivity contribution in [3.8, 4) is 0 Å². The molecule has 27 heavy (non-hydrogen) atoms. The van der Waals surface area contributed by atoms with E-state index >= 15 is 0 Å². The number of likely N-dealkylation sites (tertiary alicyclic amines) is 2. The minimum Gasteiger partial charge on any atom is -0.349 e. The van der Waals surface area contributed by atoms with Crippen LogP contribution in [0.25, 0.3) is 0 Å². The Morgan fingerprint density at radius 1 is 1.19 bits per heavy atom. The van der Waals surface area contributed by atoms with E-state index in [1.807, 2.05) is 30.9 Å². The molecule has 6 nitrogen and oxygen atoms in total. The minimum atomic E-state index is -0.234. The van der Waals surface area contributed by atoms with Crippen LogP contribution in [-0.2, 0) is 9.59 Å². The quantitative estimate of drug-likeness (QED) is 0.774. The van der Waals surface area contributed by atoms with Crippen LogP contribution in [0.4, 0.5) is 0 Å². The van der Waals surface area contributed by atoms with E-state index in [9.17, 15) is 14.4 Å². The number of hydrogen-bond acceptors (Lipinski definition) is 4. The zero-order valence-corrected chi connectivity index (χ0v) is 16.7. The molecule has 2 heterocycles. The Bertz CT molecular complexity index is 729. The fourth-order valence-corrected chi connectivity index (χ4v) is 4.09. The van der Waals surface area contributed by atoms with Crippen molar-refractivity contribution >= 4 is 30.4 Å². The monoisotopic (exact) mass is 389 g/mol. The van der Waals surface area contributed by atoms with Crippen LogP contribution in [0.3, 0.4) is 0 Å². The molecule has 0 aromatic heterocycles. The van der Waals surface area contributed by atoms with Gasteiger partial charge in [-0.25, -0.2) is 0 Å². The van der Waals surface area contributed by atoms with Gasteiger partial charge in [0.1, 0.15) is 0 Å². The molecule has 0 spiro atoms. The number of thiol groups is 1. The summed E-state index contributed by atoms with van der Waals surface area (Å²) in [4.78, 5) is 41.5. The van der Waals surface area contributed by atoms with Gasteiger partial charge in [0, 0.05) is 43.0 Å². The largest absolute Gasteiger partial charge is 0.349 e. The van der Waals surface area contributed by atoms with Crippen molar-refractivity contribution in [2.75, 3.05) is 19.6 Å². The molecule has 0 radical (unpaired) electrons. The highest BCUT2D eigenvalue weighted by molar-refractivity contribution is 7.80. The molecular weight excluding hydrogens is 362 g/mol. The van der Waals surface area contributed by atoms with Crippen LogP contribution in [0.1, 0.15) is 43.5 Å². The van der Waals surface area contributed by atoms with Crippen molar-refractivity contribution in [2.45, 2.75) is 50.1 Å². The maximum absolute atomic E-state index is 12.8. The van der Waals surface area contributed by atoms with E-state index in [2.05, 4.69) is 17.9 Å². The second kappa shape index (κ2) is 8.33. The molecule has 1 N–H and O–H groups in total. The Balaban J connectivity index is 1.50. The average Bonchev–Trinajstić information content (AvgIpc) is 3.04. The SMILES string of the molecule is CC(C)N1CC(C(=O)N2CCC(NC(=O)c3ccccc3S)CC2)CC1=O. The second-order valence-corrected chi connectivity index (χ2v) is 8.11. The Labute approximate surface area is 165 Å². The fraction of sp³-hybridized carbons (Fsp3) is 0.550. The van der Waals surface area contributed by atoms with E-state index in [1.54, 1.807) is 17.0 Å². The van der Waals surface area contributed by atoms with Gasteiger partial charge in [-0.2, -0.15) is 0 Å². The Hall–Kier alpha value is -2.02. The summed E-state index contributed by atoms with van der Waals surface area (Å²) in [6.45, 7) is 5.69. The van der Waals surface area contributed by atoms with Crippen LogP contribution in [0, 0.1) is 5.92 Å². The molecule has 1 atom stereocenters. The highest BCUT2D eigenvalue weighted by Gasteiger charge is 2.38. The van der Waals surface area contributed by atoms with Gasteiger partial charge in [-0.3, -0.25) is 14.4 Å². The van der Waals surface area contributed by atoms with E-state index in [0.717, 1.165) is 12.8 Å². The third-order valence-corrected chi connectivity index (χ3v) is 5.81. The van der Waals surface area contributed by atoms with Gasteiger partial charge in [0.25, 0.3) is 5.91 Å². The molecule has 0 saturated carbocycles. The predicted octanol–water partition coefficient (Wildman–Crippen LogP) is 1.95. The summed E-state index contributed by atoms with van der Waals surface area (Å²) in [6.07, 6.45) is 1.76. The number of hydrogen-bond donors (Lipinski definition) is 2. The lowest BCUT2D eigenvalue weighted by Crippen LogP contribution is -2.48. The fourth-order valence-electron chi connectivity index (χ4n) is 3.83. The zero-order chi connectivity index (χ0) is 19.6. The van der Waals surface area contributed by atoms with Crippen molar-refractivity contribution < 1.29 is 14.4 Å². The molecule has 1 aromatic rings. The van der Waals surface area contributed by atoms with Crippen LogP contribution in [0.15, 0.2) is 29.2 Å². The number of nitrogens with one attached hydrogen (secondary N) is 1. The van der Waals surface area contributed by atoms with Crippen LogP contribution in [0.2, 0.25) is 0 Å². The topological polar surface area (TPSA) is 69.7 Å². The van der Waals surface area contributed by atoms with Crippen LogP contribution in [-0.4, -0.2) is 59.2 Å². The van der Waals surface area contributed by atoms with Gasteiger partial charge in [0.15, 0.2) is 0 Å². The number of amides is 3. The third kappa shape index (κ3) is 4.46. The number of piperidine rings is 1. The van der Waals surface area contributed by atoms with E-state index in [1.165, 1.54) is 0 Å². The molecule has 2 saturated heterocycles. The van der Waals surface area contributed by atoms with Gasteiger partial charge in [0.2, 0.25) is 11.8 Å². The van der Waals surface area contributed by atoms with Crippen LogP contribution >= 0.6 is 12.6 Å². The van der Waals surface area contributed by atoms with Gasteiger partial charge < -0.3 is 15.1 Å². The molecule has 1 unspecified atom stereocenters. The second-order valence-electron chi connectivity index (χ2n) is 7.63. The lowest BCUT2D eigenvalue weighted by Gasteiger charge is -2.34. The number of rotatable bonds is 4. The normalized spacial score (nSPS) is 21.0. The number of nitrogens with zero attached hydrogens (tertiary/aromatic N) is 2. The summed E-state index contributed by atoms with van der Waals surface area (Å²) in [5, 5.41) is 3.05. The van der Waals surface area contributed by atoms with Crippen LogP contribution in [0.5, 0.6) is 0 Å². The molecule has 1 aromatic carbocycles. The van der Waals surface area contributed by atoms with E-state index in [-0.39, 0.29) is 35.7 Å². The molecule has 146 valence electrons. The molecule has 0 bridgehead atoms. The van der Waals surface area contributed by atoms with Crippen molar-refractivity contribution in [1.82, 2.24) is 15.1 Å². The maximum Gasteiger partial charge on any atom is 0.252 e. The molecule has 2 aliphatic rings. The third-order valence-electron chi connectivity index (χ3n) is 5.42. The Morgan fingerprint density at radius 2 is 1.85 bits per heavy atom.